The molecule has 0 amide bonds. The van der Waals surface area contributed by atoms with Crippen molar-refractivity contribution in [3.05, 3.63) is 78.8 Å². The lowest BCUT2D eigenvalue weighted by Gasteiger charge is -2.09. The molecule has 0 saturated heterocycles. The number of aromatic amines is 2. The van der Waals surface area contributed by atoms with Crippen molar-refractivity contribution in [1.82, 2.24) is 30.1 Å². The SMILES string of the molecule is c1cc2cc(c1)-c1cccc3[nH]c(nc13)-c1n[nH]c3ncc(cc13)-c1cncc(c1)OCCC2. The number of hydrogen-bond donors (Lipinski definition) is 2. The average Bonchev–Trinajstić information content (AvgIpc) is 3.50. The molecule has 0 fully saturated rings. The zero-order valence-electron chi connectivity index (χ0n) is 18.2. The van der Waals surface area contributed by atoms with E-state index < -0.39 is 0 Å². The van der Waals surface area contributed by atoms with Crippen LogP contribution in [0, 0.1) is 0 Å². The molecule has 7 rings (SSSR count). The van der Waals surface area contributed by atoms with Crippen molar-refractivity contribution >= 4 is 22.1 Å². The Hall–Kier alpha value is -4.52. The van der Waals surface area contributed by atoms with Crippen LogP contribution >= 0.6 is 0 Å². The monoisotopic (exact) mass is 444 g/mol. The molecule has 2 N–H and O–H groups in total. The van der Waals surface area contributed by atoms with E-state index in [2.05, 4.69) is 73.7 Å². The molecular formula is C27H20N6O. The predicted octanol–water partition coefficient (Wildman–Crippen LogP) is 5.56. The molecule has 7 nitrogen and oxygen atoms in total. The smallest absolute Gasteiger partial charge is 0.159 e. The summed E-state index contributed by atoms with van der Waals surface area (Å²) in [6.45, 7) is 0.622. The highest BCUT2D eigenvalue weighted by Gasteiger charge is 2.17. The first-order valence-electron chi connectivity index (χ1n) is 11.3. The summed E-state index contributed by atoms with van der Waals surface area (Å²) in [6.07, 6.45) is 7.25. The summed E-state index contributed by atoms with van der Waals surface area (Å²) in [6, 6.07) is 19.0. The number of imidazole rings is 1. The van der Waals surface area contributed by atoms with Crippen molar-refractivity contribution in [3.63, 3.8) is 0 Å². The number of para-hydroxylation sites is 1. The lowest BCUT2D eigenvalue weighted by molar-refractivity contribution is 0.310. The number of aromatic nitrogens is 6. The second kappa shape index (κ2) is 7.52. The van der Waals surface area contributed by atoms with E-state index in [1.807, 2.05) is 18.5 Å². The van der Waals surface area contributed by atoms with Gasteiger partial charge in [-0.1, -0.05) is 36.4 Å². The van der Waals surface area contributed by atoms with Crippen LogP contribution in [0.1, 0.15) is 12.0 Å². The van der Waals surface area contributed by atoms with E-state index in [4.69, 9.17) is 9.72 Å². The highest BCUT2D eigenvalue weighted by Crippen LogP contribution is 2.33. The topological polar surface area (TPSA) is 92.4 Å². The zero-order valence-corrected chi connectivity index (χ0v) is 18.2. The number of benzene rings is 2. The number of fused-ring (bicyclic) bond motifs is 9. The lowest BCUT2D eigenvalue weighted by Crippen LogP contribution is -2.00. The molecule has 0 spiro atoms. The van der Waals surface area contributed by atoms with E-state index in [-0.39, 0.29) is 0 Å². The van der Waals surface area contributed by atoms with Crippen molar-refractivity contribution in [2.24, 2.45) is 0 Å². The van der Waals surface area contributed by atoms with Gasteiger partial charge in [-0.05, 0) is 42.2 Å². The second-order valence-corrected chi connectivity index (χ2v) is 8.54. The normalized spacial score (nSPS) is 13.2. The van der Waals surface area contributed by atoms with Gasteiger partial charge in [0, 0.05) is 29.1 Å². The van der Waals surface area contributed by atoms with Crippen molar-refractivity contribution in [1.29, 1.82) is 0 Å². The number of H-pyrrole nitrogens is 2. The van der Waals surface area contributed by atoms with Gasteiger partial charge in [0.15, 0.2) is 11.5 Å². The van der Waals surface area contributed by atoms with Gasteiger partial charge in [0.25, 0.3) is 0 Å². The predicted molar refractivity (Wildman–Crippen MR) is 131 cm³/mol. The highest BCUT2D eigenvalue weighted by molar-refractivity contribution is 5.97. The molecule has 8 bridgehead atoms. The molecule has 0 unspecified atom stereocenters. The number of rotatable bonds is 0. The van der Waals surface area contributed by atoms with E-state index in [9.17, 15) is 0 Å². The van der Waals surface area contributed by atoms with E-state index >= 15 is 0 Å². The number of ether oxygens (including phenoxy) is 1. The quantitative estimate of drug-likeness (QED) is 0.320. The Balaban J connectivity index is 1.47. The Morgan fingerprint density at radius 2 is 1.82 bits per heavy atom. The fourth-order valence-electron chi connectivity index (χ4n) is 4.64. The molecule has 1 aliphatic heterocycles. The third kappa shape index (κ3) is 3.13. The molecule has 0 saturated carbocycles. The molecular weight excluding hydrogens is 424 g/mol. The Morgan fingerprint density at radius 3 is 2.82 bits per heavy atom. The second-order valence-electron chi connectivity index (χ2n) is 8.54. The van der Waals surface area contributed by atoms with Gasteiger partial charge < -0.3 is 9.72 Å². The summed E-state index contributed by atoms with van der Waals surface area (Å²) in [5.41, 5.74) is 8.76. The molecule has 164 valence electrons. The Bertz CT molecular complexity index is 1680. The maximum atomic E-state index is 6.03. The molecule has 5 heterocycles. The molecule has 34 heavy (non-hydrogen) atoms. The Morgan fingerprint density at radius 1 is 0.882 bits per heavy atom. The van der Waals surface area contributed by atoms with Gasteiger partial charge >= 0.3 is 0 Å². The van der Waals surface area contributed by atoms with Crippen molar-refractivity contribution in [2.45, 2.75) is 12.8 Å². The van der Waals surface area contributed by atoms with Gasteiger partial charge in [0.1, 0.15) is 11.4 Å². The van der Waals surface area contributed by atoms with Gasteiger partial charge in [0.2, 0.25) is 0 Å². The minimum absolute atomic E-state index is 0.622. The number of nitrogens with zero attached hydrogens (tertiary/aromatic N) is 4. The molecule has 4 aromatic heterocycles. The fourth-order valence-corrected chi connectivity index (χ4v) is 4.64. The highest BCUT2D eigenvalue weighted by atomic mass is 16.5. The van der Waals surface area contributed by atoms with Crippen LogP contribution < -0.4 is 4.74 Å². The van der Waals surface area contributed by atoms with Crippen LogP contribution in [0.2, 0.25) is 0 Å². The molecule has 0 aliphatic carbocycles. The third-order valence-corrected chi connectivity index (χ3v) is 6.32. The summed E-state index contributed by atoms with van der Waals surface area (Å²) in [5, 5.41) is 8.48. The van der Waals surface area contributed by atoms with Crippen LogP contribution in [0.5, 0.6) is 5.75 Å². The largest absolute Gasteiger partial charge is 0.492 e. The standard InChI is InChI=1S/C27H20N6O/c1-4-16-5-3-9-34-20-11-18(13-28-15-20)19-12-22-25(32-33-26(22)29-14-19)27-30-23-8-2-7-21(24(23)31-27)17(6-1)10-16/h1-2,4,6-8,10-15H,3,5,9H2,(H,30,31)(H,29,32,33). The van der Waals surface area contributed by atoms with Crippen LogP contribution in [0.3, 0.4) is 0 Å². The number of hydrogen-bond acceptors (Lipinski definition) is 5. The van der Waals surface area contributed by atoms with Gasteiger partial charge in [-0.2, -0.15) is 5.10 Å². The summed E-state index contributed by atoms with van der Waals surface area (Å²) in [5.74, 6) is 1.46. The van der Waals surface area contributed by atoms with Crippen LogP contribution in [0.15, 0.2) is 73.2 Å². The van der Waals surface area contributed by atoms with Gasteiger partial charge in [-0.25, -0.2) is 9.97 Å². The summed E-state index contributed by atoms with van der Waals surface area (Å²) in [7, 11) is 0. The molecule has 7 heteroatoms. The van der Waals surface area contributed by atoms with Crippen molar-refractivity contribution in [2.75, 3.05) is 6.61 Å². The summed E-state index contributed by atoms with van der Waals surface area (Å²) in [4.78, 5) is 17.4. The maximum absolute atomic E-state index is 6.03. The summed E-state index contributed by atoms with van der Waals surface area (Å²) < 4.78 is 6.03. The number of nitrogens with one attached hydrogen (secondary N) is 2. The first-order chi connectivity index (χ1) is 16.8. The van der Waals surface area contributed by atoms with E-state index in [1.165, 1.54) is 5.56 Å². The third-order valence-electron chi connectivity index (χ3n) is 6.32. The van der Waals surface area contributed by atoms with Crippen LogP contribution in [0.4, 0.5) is 0 Å². The van der Waals surface area contributed by atoms with E-state index in [0.717, 1.165) is 63.0 Å². The van der Waals surface area contributed by atoms with E-state index in [1.54, 1.807) is 6.20 Å². The van der Waals surface area contributed by atoms with Crippen LogP contribution in [0.25, 0.3) is 55.8 Å². The van der Waals surface area contributed by atoms with E-state index in [0.29, 0.717) is 18.1 Å². The van der Waals surface area contributed by atoms with Gasteiger partial charge in [0.05, 0.1) is 29.2 Å². The number of aryl methyl sites for hydroxylation is 1. The molecule has 0 radical (unpaired) electrons. The lowest BCUT2D eigenvalue weighted by atomic mass is 10.00. The average molecular weight is 444 g/mol. The minimum Gasteiger partial charge on any atom is -0.492 e. The van der Waals surface area contributed by atoms with Gasteiger partial charge in [-0.15, -0.1) is 0 Å². The first kappa shape index (κ1) is 19.0. The first-order valence-corrected chi connectivity index (χ1v) is 11.3. The van der Waals surface area contributed by atoms with Crippen LogP contribution in [-0.2, 0) is 6.42 Å². The van der Waals surface area contributed by atoms with Gasteiger partial charge in [-0.3, -0.25) is 10.1 Å². The minimum atomic E-state index is 0.622. The molecule has 2 aromatic carbocycles. The molecule has 0 atom stereocenters. The summed E-state index contributed by atoms with van der Waals surface area (Å²) >= 11 is 0. The maximum Gasteiger partial charge on any atom is 0.159 e. The molecule has 1 aliphatic rings. The van der Waals surface area contributed by atoms with Crippen molar-refractivity contribution in [3.8, 4) is 39.5 Å². The fraction of sp³-hybridized carbons (Fsp3) is 0.111. The Kier molecular flexibility index (Phi) is 4.20. The molecule has 6 aromatic rings. The van der Waals surface area contributed by atoms with Crippen molar-refractivity contribution < 1.29 is 4.74 Å². The number of pyridine rings is 2. The Labute approximate surface area is 194 Å². The zero-order chi connectivity index (χ0) is 22.5. The van der Waals surface area contributed by atoms with Crippen LogP contribution in [-0.4, -0.2) is 36.7 Å².